The fraction of sp³-hybridized carbons (Fsp3) is 0.143. The third kappa shape index (κ3) is 3.67. The molecule has 2 rings (SSSR count). The molecule has 0 spiro atoms. The maximum atomic E-state index is 13.9. The Hall–Kier alpha value is -1.13. The summed E-state index contributed by atoms with van der Waals surface area (Å²) in [6.45, 7) is 0. The molecule has 0 aromatic heterocycles. The predicted molar refractivity (Wildman–Crippen MR) is 76.6 cm³/mol. The maximum Gasteiger partial charge on any atom is 0.129 e. The first-order valence-corrected chi connectivity index (χ1v) is 6.51. The number of benzene rings is 2. The number of hydrogen-bond acceptors (Lipinski definition) is 2. The minimum atomic E-state index is -0.371. The number of hydrazine groups is 1. The van der Waals surface area contributed by atoms with E-state index in [1.807, 2.05) is 12.1 Å². The highest BCUT2D eigenvalue weighted by Gasteiger charge is 2.15. The molecule has 0 amide bonds. The van der Waals surface area contributed by atoms with E-state index in [1.165, 1.54) is 6.07 Å². The second-order valence-corrected chi connectivity index (χ2v) is 5.09. The van der Waals surface area contributed by atoms with Crippen molar-refractivity contribution in [3.05, 3.63) is 69.5 Å². The molecule has 0 fully saturated rings. The highest BCUT2D eigenvalue weighted by Crippen LogP contribution is 2.24. The Balaban J connectivity index is 2.22. The zero-order valence-electron chi connectivity index (χ0n) is 10.0. The molecular formula is C14H13Cl2FN2. The number of nitrogens with one attached hydrogen (secondary N) is 1. The zero-order valence-corrected chi connectivity index (χ0v) is 11.5. The van der Waals surface area contributed by atoms with Gasteiger partial charge in [-0.05, 0) is 36.2 Å². The van der Waals surface area contributed by atoms with Crippen molar-refractivity contribution in [3.8, 4) is 0 Å². The van der Waals surface area contributed by atoms with Crippen LogP contribution in [0.4, 0.5) is 4.39 Å². The highest BCUT2D eigenvalue weighted by molar-refractivity contribution is 6.30. The van der Waals surface area contributed by atoms with Crippen molar-refractivity contribution in [1.29, 1.82) is 0 Å². The number of hydrogen-bond donors (Lipinski definition) is 2. The molecule has 1 unspecified atom stereocenters. The van der Waals surface area contributed by atoms with Gasteiger partial charge in [-0.2, -0.15) is 0 Å². The summed E-state index contributed by atoms with van der Waals surface area (Å²) in [5.74, 6) is 5.14. The summed E-state index contributed by atoms with van der Waals surface area (Å²) in [6.07, 6.45) is 0.562. The first-order chi connectivity index (χ1) is 9.10. The Morgan fingerprint density at radius 3 is 2.26 bits per heavy atom. The normalized spacial score (nSPS) is 12.4. The van der Waals surface area contributed by atoms with Crippen LogP contribution in [0.15, 0.2) is 42.5 Å². The van der Waals surface area contributed by atoms with Gasteiger partial charge in [-0.1, -0.05) is 41.4 Å². The lowest BCUT2D eigenvalue weighted by molar-refractivity contribution is 0.510. The number of rotatable bonds is 4. The first kappa shape index (κ1) is 14.3. The van der Waals surface area contributed by atoms with Gasteiger partial charge < -0.3 is 0 Å². The number of nitrogens with two attached hydrogens (primary N) is 1. The zero-order chi connectivity index (χ0) is 13.8. The van der Waals surface area contributed by atoms with Crippen molar-refractivity contribution in [2.24, 2.45) is 5.84 Å². The van der Waals surface area contributed by atoms with Gasteiger partial charge in [0.15, 0.2) is 0 Å². The van der Waals surface area contributed by atoms with Crippen LogP contribution in [-0.4, -0.2) is 0 Å². The van der Waals surface area contributed by atoms with Gasteiger partial charge in [-0.25, -0.2) is 4.39 Å². The highest BCUT2D eigenvalue weighted by atomic mass is 35.5. The quantitative estimate of drug-likeness (QED) is 0.664. The van der Waals surface area contributed by atoms with Crippen LogP contribution in [0.5, 0.6) is 0 Å². The van der Waals surface area contributed by atoms with E-state index in [1.54, 1.807) is 24.3 Å². The second kappa shape index (κ2) is 6.35. The summed E-state index contributed by atoms with van der Waals surface area (Å²) < 4.78 is 13.9. The molecular weight excluding hydrogens is 286 g/mol. The molecule has 0 saturated carbocycles. The van der Waals surface area contributed by atoms with E-state index in [-0.39, 0.29) is 11.9 Å². The van der Waals surface area contributed by atoms with Crippen molar-refractivity contribution in [3.63, 3.8) is 0 Å². The monoisotopic (exact) mass is 298 g/mol. The van der Waals surface area contributed by atoms with Crippen molar-refractivity contribution in [2.45, 2.75) is 12.5 Å². The van der Waals surface area contributed by atoms with Gasteiger partial charge >= 0.3 is 0 Å². The molecule has 2 aromatic rings. The summed E-state index contributed by atoms with van der Waals surface area (Å²) in [4.78, 5) is 0. The van der Waals surface area contributed by atoms with Crippen molar-refractivity contribution >= 4 is 23.2 Å². The van der Waals surface area contributed by atoms with E-state index in [4.69, 9.17) is 29.0 Å². The maximum absolute atomic E-state index is 13.9. The molecule has 0 heterocycles. The van der Waals surface area contributed by atoms with Crippen LogP contribution in [0.1, 0.15) is 17.2 Å². The molecule has 1 atom stereocenters. The topological polar surface area (TPSA) is 38.0 Å². The van der Waals surface area contributed by atoms with Crippen LogP contribution in [0, 0.1) is 5.82 Å². The smallest absolute Gasteiger partial charge is 0.129 e. The van der Waals surface area contributed by atoms with Gasteiger partial charge in [-0.3, -0.25) is 11.3 Å². The summed E-state index contributed by atoms with van der Waals surface area (Å²) >= 11 is 11.6. The SMILES string of the molecule is NNC(Cc1ccc(Cl)cc1)c1ccc(Cl)cc1F. The predicted octanol–water partition coefficient (Wildman–Crippen LogP) is 3.88. The van der Waals surface area contributed by atoms with Gasteiger partial charge in [0.2, 0.25) is 0 Å². The summed E-state index contributed by atoms with van der Waals surface area (Å²) in [7, 11) is 0. The summed E-state index contributed by atoms with van der Waals surface area (Å²) in [5.41, 5.74) is 4.13. The Kier molecular flexibility index (Phi) is 4.77. The fourth-order valence-electron chi connectivity index (χ4n) is 1.90. The third-order valence-corrected chi connectivity index (χ3v) is 3.38. The Morgan fingerprint density at radius 1 is 1.05 bits per heavy atom. The van der Waals surface area contributed by atoms with Crippen LogP contribution in [-0.2, 0) is 6.42 Å². The molecule has 0 aliphatic carbocycles. The Bertz CT molecular complexity index is 558. The van der Waals surface area contributed by atoms with Gasteiger partial charge in [0.05, 0.1) is 6.04 Å². The third-order valence-electron chi connectivity index (χ3n) is 2.89. The van der Waals surface area contributed by atoms with Gasteiger partial charge in [0, 0.05) is 15.6 Å². The van der Waals surface area contributed by atoms with Crippen LogP contribution >= 0.6 is 23.2 Å². The molecule has 0 saturated heterocycles. The Labute approximate surface area is 121 Å². The molecule has 0 aliphatic rings. The van der Waals surface area contributed by atoms with E-state index in [0.29, 0.717) is 22.0 Å². The average Bonchev–Trinajstić information content (AvgIpc) is 2.39. The molecule has 0 radical (unpaired) electrons. The van der Waals surface area contributed by atoms with E-state index in [2.05, 4.69) is 5.43 Å². The van der Waals surface area contributed by atoms with Crippen LogP contribution < -0.4 is 11.3 Å². The van der Waals surface area contributed by atoms with E-state index in [9.17, 15) is 4.39 Å². The van der Waals surface area contributed by atoms with Gasteiger partial charge in [0.25, 0.3) is 0 Å². The minimum Gasteiger partial charge on any atom is -0.271 e. The molecule has 0 aliphatic heterocycles. The van der Waals surface area contributed by atoms with Gasteiger partial charge in [0.1, 0.15) is 5.82 Å². The molecule has 3 N–H and O–H groups in total. The molecule has 2 aromatic carbocycles. The van der Waals surface area contributed by atoms with E-state index in [0.717, 1.165) is 5.56 Å². The summed E-state index contributed by atoms with van der Waals surface area (Å²) in [5, 5.41) is 1.03. The second-order valence-electron chi connectivity index (χ2n) is 4.22. The average molecular weight is 299 g/mol. The molecule has 0 bridgehead atoms. The molecule has 5 heteroatoms. The standard InChI is InChI=1S/C14H13Cl2FN2/c15-10-3-1-9(2-4-10)7-14(19-18)12-6-5-11(16)8-13(12)17/h1-6,8,14,19H,7,18H2. The largest absolute Gasteiger partial charge is 0.271 e. The van der Waals surface area contributed by atoms with Crippen LogP contribution in [0.25, 0.3) is 0 Å². The fourth-order valence-corrected chi connectivity index (χ4v) is 2.18. The van der Waals surface area contributed by atoms with E-state index < -0.39 is 0 Å². The van der Waals surface area contributed by atoms with Crippen LogP contribution in [0.3, 0.4) is 0 Å². The van der Waals surface area contributed by atoms with Crippen molar-refractivity contribution in [2.75, 3.05) is 0 Å². The molecule has 2 nitrogen and oxygen atoms in total. The molecule has 100 valence electrons. The molecule has 19 heavy (non-hydrogen) atoms. The first-order valence-electron chi connectivity index (χ1n) is 5.75. The van der Waals surface area contributed by atoms with Gasteiger partial charge in [-0.15, -0.1) is 0 Å². The van der Waals surface area contributed by atoms with Crippen molar-refractivity contribution in [1.82, 2.24) is 5.43 Å². The number of halogens is 3. The minimum absolute atomic E-state index is 0.321. The Morgan fingerprint density at radius 2 is 1.68 bits per heavy atom. The lowest BCUT2D eigenvalue weighted by Gasteiger charge is -2.17. The van der Waals surface area contributed by atoms with E-state index >= 15 is 0 Å². The lowest BCUT2D eigenvalue weighted by atomic mass is 9.99. The summed E-state index contributed by atoms with van der Waals surface area (Å²) in [6, 6.07) is 11.6. The van der Waals surface area contributed by atoms with Crippen LogP contribution in [0.2, 0.25) is 10.0 Å². The lowest BCUT2D eigenvalue weighted by Crippen LogP contribution is -2.30. The van der Waals surface area contributed by atoms with Crippen molar-refractivity contribution < 1.29 is 4.39 Å².